The Morgan fingerprint density at radius 3 is 2.62 bits per heavy atom. The summed E-state index contributed by atoms with van der Waals surface area (Å²) in [5, 5.41) is 12.0. The Morgan fingerprint density at radius 2 is 2.10 bits per heavy atom. The fourth-order valence-corrected chi connectivity index (χ4v) is 2.51. The molecule has 1 aromatic carbocycles. The average Bonchev–Trinajstić information content (AvgIpc) is 3.22. The molecule has 0 aliphatic heterocycles. The predicted octanol–water partition coefficient (Wildman–Crippen LogP) is 3.87. The van der Waals surface area contributed by atoms with E-state index in [1.807, 2.05) is 0 Å². The molecule has 0 unspecified atom stereocenters. The lowest BCUT2D eigenvalue weighted by Gasteiger charge is -2.22. The highest BCUT2D eigenvalue weighted by Gasteiger charge is 2.32. The van der Waals surface area contributed by atoms with Crippen molar-refractivity contribution in [3.05, 3.63) is 40.4 Å². The minimum atomic E-state index is -1.21. The number of nitrogens with one attached hydrogen (secondary N) is 1. The van der Waals surface area contributed by atoms with Crippen LogP contribution in [0.2, 0.25) is 10.0 Å². The van der Waals surface area contributed by atoms with E-state index in [-0.39, 0.29) is 27.3 Å². The first-order chi connectivity index (χ1) is 9.93. The molecule has 5 nitrogen and oxygen atoms in total. The highest BCUT2D eigenvalue weighted by Crippen LogP contribution is 2.32. The summed E-state index contributed by atoms with van der Waals surface area (Å²) in [7, 11) is 0. The van der Waals surface area contributed by atoms with Crippen LogP contribution in [0.4, 0.5) is 10.5 Å². The number of carboxylic acid groups (broad SMARTS) is 1. The van der Waals surface area contributed by atoms with E-state index in [0.717, 1.165) is 12.8 Å². The van der Waals surface area contributed by atoms with Gasteiger partial charge in [-0.2, -0.15) is 0 Å². The third kappa shape index (κ3) is 3.68. The molecule has 1 fully saturated rings. The minimum Gasteiger partial charge on any atom is -0.478 e. The van der Waals surface area contributed by atoms with Crippen molar-refractivity contribution in [3.8, 4) is 0 Å². The van der Waals surface area contributed by atoms with Crippen LogP contribution in [-0.4, -0.2) is 34.6 Å². The maximum Gasteiger partial charge on any atom is 0.337 e. The number of hydrogen-bond acceptors (Lipinski definition) is 2. The monoisotopic (exact) mass is 328 g/mol. The molecule has 0 saturated heterocycles. The number of nitrogens with zero attached hydrogens (tertiary/aromatic N) is 1. The summed E-state index contributed by atoms with van der Waals surface area (Å²) in [5.74, 6) is -1.21. The molecule has 0 radical (unpaired) electrons. The molecule has 0 spiro atoms. The van der Waals surface area contributed by atoms with Crippen molar-refractivity contribution in [2.24, 2.45) is 0 Å². The van der Waals surface area contributed by atoms with Gasteiger partial charge < -0.3 is 15.3 Å². The summed E-state index contributed by atoms with van der Waals surface area (Å²) < 4.78 is 0. The number of rotatable bonds is 5. The van der Waals surface area contributed by atoms with Crippen molar-refractivity contribution in [1.29, 1.82) is 0 Å². The van der Waals surface area contributed by atoms with E-state index in [1.54, 1.807) is 11.0 Å². The van der Waals surface area contributed by atoms with Gasteiger partial charge in [0.15, 0.2) is 0 Å². The van der Waals surface area contributed by atoms with E-state index >= 15 is 0 Å². The molecule has 0 heterocycles. The van der Waals surface area contributed by atoms with Crippen molar-refractivity contribution >= 4 is 40.9 Å². The lowest BCUT2D eigenvalue weighted by atomic mass is 10.2. The van der Waals surface area contributed by atoms with Gasteiger partial charge in [0, 0.05) is 17.6 Å². The number of amides is 2. The van der Waals surface area contributed by atoms with Crippen molar-refractivity contribution < 1.29 is 14.7 Å². The maximum absolute atomic E-state index is 12.3. The third-order valence-electron chi connectivity index (χ3n) is 3.09. The molecule has 0 bridgehead atoms. The largest absolute Gasteiger partial charge is 0.478 e. The van der Waals surface area contributed by atoms with Crippen molar-refractivity contribution in [2.75, 3.05) is 11.9 Å². The third-order valence-corrected chi connectivity index (χ3v) is 3.61. The standard InChI is InChI=1S/C14H14Cl2N2O3/c1-2-5-18(9-3-4-9)14(21)17-12-10(13(19)20)6-8(15)7-11(12)16/h2,6-7,9H,1,3-5H2,(H,17,21)(H,19,20). The van der Waals surface area contributed by atoms with Crippen LogP contribution in [0.1, 0.15) is 23.2 Å². The summed E-state index contributed by atoms with van der Waals surface area (Å²) in [4.78, 5) is 25.1. The van der Waals surface area contributed by atoms with Gasteiger partial charge >= 0.3 is 12.0 Å². The second kappa shape index (κ2) is 6.37. The molecule has 1 saturated carbocycles. The zero-order valence-corrected chi connectivity index (χ0v) is 12.6. The van der Waals surface area contributed by atoms with Crippen LogP contribution in [-0.2, 0) is 0 Å². The van der Waals surface area contributed by atoms with Gasteiger partial charge in [-0.15, -0.1) is 6.58 Å². The van der Waals surface area contributed by atoms with Crippen molar-refractivity contribution in [2.45, 2.75) is 18.9 Å². The van der Waals surface area contributed by atoms with Gasteiger partial charge in [-0.1, -0.05) is 29.3 Å². The Hall–Kier alpha value is -1.72. The van der Waals surface area contributed by atoms with Crippen molar-refractivity contribution in [1.82, 2.24) is 4.90 Å². The molecule has 1 aliphatic rings. The van der Waals surface area contributed by atoms with Crippen LogP contribution in [0.25, 0.3) is 0 Å². The van der Waals surface area contributed by atoms with E-state index in [2.05, 4.69) is 11.9 Å². The highest BCUT2D eigenvalue weighted by atomic mass is 35.5. The highest BCUT2D eigenvalue weighted by molar-refractivity contribution is 6.37. The first kappa shape index (κ1) is 15.7. The van der Waals surface area contributed by atoms with Crippen LogP contribution in [0.3, 0.4) is 0 Å². The molecule has 0 aromatic heterocycles. The van der Waals surface area contributed by atoms with E-state index in [1.165, 1.54) is 12.1 Å². The second-order valence-electron chi connectivity index (χ2n) is 4.72. The molecule has 2 rings (SSSR count). The molecule has 0 atom stereocenters. The van der Waals surface area contributed by atoms with E-state index in [9.17, 15) is 14.7 Å². The normalized spacial score (nSPS) is 13.6. The summed E-state index contributed by atoms with van der Waals surface area (Å²) in [5.41, 5.74) is -0.0940. The van der Waals surface area contributed by atoms with Crippen LogP contribution in [0.5, 0.6) is 0 Å². The topological polar surface area (TPSA) is 69.6 Å². The van der Waals surface area contributed by atoms with E-state index in [4.69, 9.17) is 23.2 Å². The summed E-state index contributed by atoms with van der Waals surface area (Å²) in [6.45, 7) is 4.01. The molecular formula is C14H14Cl2N2O3. The SMILES string of the molecule is C=CCN(C(=O)Nc1c(Cl)cc(Cl)cc1C(=O)O)C1CC1. The zero-order valence-electron chi connectivity index (χ0n) is 11.1. The first-order valence-corrected chi connectivity index (χ1v) is 7.10. The average molecular weight is 329 g/mol. The van der Waals surface area contributed by atoms with Crippen LogP contribution >= 0.6 is 23.2 Å². The number of carbonyl (C=O) groups is 2. The smallest absolute Gasteiger partial charge is 0.337 e. The van der Waals surface area contributed by atoms with Gasteiger partial charge in [-0.05, 0) is 25.0 Å². The number of carbonyl (C=O) groups excluding carboxylic acids is 1. The fourth-order valence-electron chi connectivity index (χ4n) is 1.97. The van der Waals surface area contributed by atoms with E-state index < -0.39 is 12.0 Å². The number of aromatic carboxylic acids is 1. The number of carboxylic acids is 1. The van der Waals surface area contributed by atoms with Gasteiger partial charge in [0.25, 0.3) is 0 Å². The Bertz CT molecular complexity index is 600. The van der Waals surface area contributed by atoms with Crippen LogP contribution in [0, 0.1) is 0 Å². The fraction of sp³-hybridized carbons (Fsp3) is 0.286. The Kier molecular flexibility index (Phi) is 4.75. The summed E-state index contributed by atoms with van der Waals surface area (Å²) in [6.07, 6.45) is 3.49. The van der Waals surface area contributed by atoms with Crippen LogP contribution < -0.4 is 5.32 Å². The van der Waals surface area contributed by atoms with Gasteiger partial charge in [0.05, 0.1) is 16.3 Å². The number of hydrogen-bond donors (Lipinski definition) is 2. The first-order valence-electron chi connectivity index (χ1n) is 6.35. The zero-order chi connectivity index (χ0) is 15.6. The van der Waals surface area contributed by atoms with Gasteiger partial charge in [0.2, 0.25) is 0 Å². The van der Waals surface area contributed by atoms with Gasteiger partial charge in [-0.25, -0.2) is 9.59 Å². The summed E-state index contributed by atoms with van der Waals surface area (Å²) in [6, 6.07) is 2.41. The molecule has 1 aliphatic carbocycles. The lowest BCUT2D eigenvalue weighted by molar-refractivity contribution is 0.0698. The maximum atomic E-state index is 12.3. The Balaban J connectivity index is 2.27. The number of halogens is 2. The quantitative estimate of drug-likeness (QED) is 0.806. The predicted molar refractivity (Wildman–Crippen MR) is 82.4 cm³/mol. The Morgan fingerprint density at radius 1 is 1.43 bits per heavy atom. The van der Waals surface area contributed by atoms with Gasteiger partial charge in [0.1, 0.15) is 0 Å². The molecule has 2 amide bonds. The van der Waals surface area contributed by atoms with Gasteiger partial charge in [-0.3, -0.25) is 0 Å². The van der Waals surface area contributed by atoms with Crippen LogP contribution in [0.15, 0.2) is 24.8 Å². The summed E-state index contributed by atoms with van der Waals surface area (Å²) >= 11 is 11.8. The molecule has 1 aromatic rings. The lowest BCUT2D eigenvalue weighted by Crippen LogP contribution is -2.37. The van der Waals surface area contributed by atoms with E-state index in [0.29, 0.717) is 6.54 Å². The van der Waals surface area contributed by atoms with Crippen molar-refractivity contribution in [3.63, 3.8) is 0 Å². The molecule has 21 heavy (non-hydrogen) atoms. The second-order valence-corrected chi connectivity index (χ2v) is 5.56. The number of benzene rings is 1. The molecule has 112 valence electrons. The number of anilines is 1. The number of urea groups is 1. The molecular weight excluding hydrogens is 315 g/mol. The minimum absolute atomic E-state index is 0.0493. The molecule has 7 heteroatoms. The Labute approximate surface area is 132 Å². The molecule has 2 N–H and O–H groups in total.